The van der Waals surface area contributed by atoms with Crippen molar-refractivity contribution < 1.29 is 14.3 Å². The zero-order valence-electron chi connectivity index (χ0n) is 10.9. The molecule has 1 saturated carbocycles. The van der Waals surface area contributed by atoms with Gasteiger partial charge in [-0.2, -0.15) is 0 Å². The van der Waals surface area contributed by atoms with E-state index in [0.29, 0.717) is 19.7 Å². The lowest BCUT2D eigenvalue weighted by Crippen LogP contribution is -2.58. The lowest BCUT2D eigenvalue weighted by molar-refractivity contribution is -0.155. The number of nitrogens with zero attached hydrogens (tertiary/aromatic N) is 3. The van der Waals surface area contributed by atoms with Crippen LogP contribution in [-0.2, 0) is 14.3 Å². The Kier molecular flexibility index (Phi) is 5.91. The van der Waals surface area contributed by atoms with Gasteiger partial charge in [0.25, 0.3) is 0 Å². The van der Waals surface area contributed by atoms with Gasteiger partial charge in [-0.15, -0.1) is 0 Å². The fourth-order valence-corrected chi connectivity index (χ4v) is 2.05. The molecule has 7 nitrogen and oxygen atoms in total. The maximum Gasteiger partial charge on any atom is 0.329 e. The van der Waals surface area contributed by atoms with Crippen LogP contribution in [-0.4, -0.2) is 44.9 Å². The minimum absolute atomic E-state index is 0.238. The quantitative estimate of drug-likeness (QED) is 0.221. The zero-order chi connectivity index (χ0) is 13.4. The molecule has 0 radical (unpaired) electrons. The van der Waals surface area contributed by atoms with E-state index in [2.05, 4.69) is 15.3 Å². The molecule has 1 unspecified atom stereocenters. The van der Waals surface area contributed by atoms with Gasteiger partial charge >= 0.3 is 5.97 Å². The molecular formula is C11H20N4O3. The van der Waals surface area contributed by atoms with E-state index in [1.54, 1.807) is 14.0 Å². The van der Waals surface area contributed by atoms with Crippen LogP contribution in [0.1, 0.15) is 19.8 Å². The van der Waals surface area contributed by atoms with Gasteiger partial charge in [-0.3, -0.25) is 5.32 Å². The number of carbonyl (C=O) groups excluding carboxylic acids is 1. The molecule has 1 N–H and O–H groups in total. The van der Waals surface area contributed by atoms with Crippen LogP contribution in [0, 0.1) is 5.92 Å². The van der Waals surface area contributed by atoms with Gasteiger partial charge in [0.2, 0.25) is 0 Å². The maximum absolute atomic E-state index is 12.1. The average Bonchev–Trinajstić information content (AvgIpc) is 3.18. The molecule has 1 aliphatic carbocycles. The van der Waals surface area contributed by atoms with Crippen molar-refractivity contribution in [3.63, 3.8) is 0 Å². The first-order chi connectivity index (χ1) is 8.71. The number of methoxy groups -OCH3 is 1. The summed E-state index contributed by atoms with van der Waals surface area (Å²) < 4.78 is 10.3. The van der Waals surface area contributed by atoms with Crippen LogP contribution in [0.3, 0.4) is 0 Å². The Balaban J connectivity index is 2.69. The van der Waals surface area contributed by atoms with Crippen LogP contribution >= 0.6 is 0 Å². The van der Waals surface area contributed by atoms with Crippen molar-refractivity contribution in [2.24, 2.45) is 11.0 Å². The largest absolute Gasteiger partial charge is 0.465 e. The standard InChI is InChI=1S/C11H20N4O3/c1-3-18-10(16)11(8-17-2,9-4-5-9)13-6-7-14-15-12/h9,13H,3-8H2,1-2H3. The van der Waals surface area contributed by atoms with Gasteiger partial charge in [0.15, 0.2) is 0 Å². The lowest BCUT2D eigenvalue weighted by Gasteiger charge is -2.31. The number of ether oxygens (including phenoxy) is 2. The second kappa shape index (κ2) is 7.20. The summed E-state index contributed by atoms with van der Waals surface area (Å²) in [5.41, 5.74) is 7.43. The predicted molar refractivity (Wildman–Crippen MR) is 66.0 cm³/mol. The first kappa shape index (κ1) is 14.8. The molecule has 0 aliphatic heterocycles. The van der Waals surface area contributed by atoms with Gasteiger partial charge in [-0.05, 0) is 31.2 Å². The second-order valence-corrected chi connectivity index (χ2v) is 4.28. The highest BCUT2D eigenvalue weighted by Gasteiger charge is 2.51. The van der Waals surface area contributed by atoms with E-state index in [1.807, 2.05) is 0 Å². The van der Waals surface area contributed by atoms with E-state index in [9.17, 15) is 4.79 Å². The van der Waals surface area contributed by atoms with Crippen molar-refractivity contribution >= 4 is 5.97 Å². The van der Waals surface area contributed by atoms with Crippen molar-refractivity contribution in [2.75, 3.05) is 33.4 Å². The normalized spacial score (nSPS) is 17.7. The Morgan fingerprint density at radius 2 is 2.33 bits per heavy atom. The molecule has 0 bridgehead atoms. The minimum Gasteiger partial charge on any atom is -0.465 e. The summed E-state index contributed by atoms with van der Waals surface area (Å²) in [5, 5.41) is 6.60. The van der Waals surface area contributed by atoms with Gasteiger partial charge in [0.1, 0.15) is 5.54 Å². The molecule has 1 aliphatic rings. The Hall–Kier alpha value is -1.30. The smallest absolute Gasteiger partial charge is 0.329 e. The van der Waals surface area contributed by atoms with Crippen molar-refractivity contribution in [2.45, 2.75) is 25.3 Å². The molecule has 1 fully saturated rings. The van der Waals surface area contributed by atoms with Gasteiger partial charge in [-0.1, -0.05) is 5.11 Å². The molecule has 0 amide bonds. The fraction of sp³-hybridized carbons (Fsp3) is 0.909. The van der Waals surface area contributed by atoms with E-state index < -0.39 is 5.54 Å². The summed E-state index contributed by atoms with van der Waals surface area (Å²) in [6, 6.07) is 0. The fourth-order valence-electron chi connectivity index (χ4n) is 2.05. The SMILES string of the molecule is CCOC(=O)C(COC)(NCCN=[N+]=[N-])C1CC1. The minimum atomic E-state index is -0.796. The molecule has 0 aromatic carbocycles. The van der Waals surface area contributed by atoms with Gasteiger partial charge < -0.3 is 9.47 Å². The van der Waals surface area contributed by atoms with Gasteiger partial charge in [0.05, 0.1) is 13.2 Å². The van der Waals surface area contributed by atoms with E-state index >= 15 is 0 Å². The summed E-state index contributed by atoms with van der Waals surface area (Å²) in [7, 11) is 1.56. The highest BCUT2D eigenvalue weighted by atomic mass is 16.5. The van der Waals surface area contributed by atoms with Crippen LogP contribution in [0.5, 0.6) is 0 Å². The molecule has 7 heteroatoms. The Morgan fingerprint density at radius 1 is 1.61 bits per heavy atom. The third-order valence-electron chi connectivity index (χ3n) is 3.00. The third-order valence-corrected chi connectivity index (χ3v) is 3.00. The van der Waals surface area contributed by atoms with Crippen LogP contribution < -0.4 is 5.32 Å². The molecule has 1 rings (SSSR count). The summed E-state index contributed by atoms with van der Waals surface area (Å²) >= 11 is 0. The number of hydrogen-bond acceptors (Lipinski definition) is 5. The molecule has 0 aromatic heterocycles. The van der Waals surface area contributed by atoms with E-state index in [0.717, 1.165) is 12.8 Å². The molecule has 0 saturated heterocycles. The van der Waals surface area contributed by atoms with Crippen LogP contribution in [0.15, 0.2) is 5.11 Å². The Morgan fingerprint density at radius 3 is 2.83 bits per heavy atom. The predicted octanol–water partition coefficient (Wildman–Crippen LogP) is 1.24. The summed E-state index contributed by atoms with van der Waals surface area (Å²) in [6.45, 7) is 3.13. The van der Waals surface area contributed by atoms with Crippen molar-refractivity contribution in [1.29, 1.82) is 0 Å². The molecule has 18 heavy (non-hydrogen) atoms. The number of rotatable bonds is 9. The molecular weight excluding hydrogens is 236 g/mol. The summed E-state index contributed by atoms with van der Waals surface area (Å²) in [5.74, 6) is -0.0437. The van der Waals surface area contributed by atoms with Gasteiger partial charge in [-0.25, -0.2) is 4.79 Å². The maximum atomic E-state index is 12.1. The first-order valence-corrected chi connectivity index (χ1v) is 6.13. The molecule has 0 aromatic rings. The van der Waals surface area contributed by atoms with Crippen molar-refractivity contribution in [3.8, 4) is 0 Å². The average molecular weight is 256 g/mol. The van der Waals surface area contributed by atoms with Crippen LogP contribution in [0.4, 0.5) is 0 Å². The van der Waals surface area contributed by atoms with E-state index in [-0.39, 0.29) is 18.5 Å². The van der Waals surface area contributed by atoms with E-state index in [1.165, 1.54) is 0 Å². The molecule has 0 heterocycles. The Bertz CT molecular complexity index is 326. The number of azide groups is 1. The van der Waals surface area contributed by atoms with Crippen molar-refractivity contribution in [1.82, 2.24) is 5.32 Å². The third kappa shape index (κ3) is 3.60. The number of hydrogen-bond donors (Lipinski definition) is 1. The van der Waals surface area contributed by atoms with E-state index in [4.69, 9.17) is 15.0 Å². The topological polar surface area (TPSA) is 96.3 Å². The summed E-state index contributed by atoms with van der Waals surface area (Å²) in [4.78, 5) is 14.8. The van der Waals surface area contributed by atoms with Crippen molar-refractivity contribution in [3.05, 3.63) is 10.4 Å². The molecule has 102 valence electrons. The van der Waals surface area contributed by atoms with Gasteiger partial charge in [0, 0.05) is 25.1 Å². The molecule has 1 atom stereocenters. The number of carbonyl (C=O) groups is 1. The first-order valence-electron chi connectivity index (χ1n) is 6.13. The lowest BCUT2D eigenvalue weighted by atomic mass is 9.94. The molecule has 0 spiro atoms. The highest BCUT2D eigenvalue weighted by molar-refractivity contribution is 5.82. The monoisotopic (exact) mass is 256 g/mol. The van der Waals surface area contributed by atoms with Crippen LogP contribution in [0.25, 0.3) is 10.4 Å². The Labute approximate surface area is 106 Å². The second-order valence-electron chi connectivity index (χ2n) is 4.28. The number of nitrogens with one attached hydrogen (secondary N) is 1. The van der Waals surface area contributed by atoms with Crippen LogP contribution in [0.2, 0.25) is 0 Å². The zero-order valence-corrected chi connectivity index (χ0v) is 10.9. The summed E-state index contributed by atoms with van der Waals surface area (Å²) in [6.07, 6.45) is 1.97. The highest BCUT2D eigenvalue weighted by Crippen LogP contribution is 2.40. The number of esters is 1.